The van der Waals surface area contributed by atoms with E-state index in [1.54, 1.807) is 0 Å². The third-order valence-electron chi connectivity index (χ3n) is 10.3. The van der Waals surface area contributed by atoms with Crippen molar-refractivity contribution in [2.45, 2.75) is 0 Å². The highest BCUT2D eigenvalue weighted by atomic mass is 15.1. The molecule has 260 valence electrons. The van der Waals surface area contributed by atoms with Crippen LogP contribution >= 0.6 is 0 Å². The Balaban J connectivity index is 1.12. The van der Waals surface area contributed by atoms with Gasteiger partial charge in [0.15, 0.2) is 0 Å². The maximum Gasteiger partial charge on any atom is 0.0467 e. The monoisotopic (exact) mass is 701 g/mol. The van der Waals surface area contributed by atoms with E-state index < -0.39 is 0 Å². The van der Waals surface area contributed by atoms with E-state index in [1.165, 1.54) is 66.8 Å². The summed E-state index contributed by atoms with van der Waals surface area (Å²) in [6, 6.07) is 85.0. The summed E-state index contributed by atoms with van der Waals surface area (Å²) in [5, 5.41) is 0. The van der Waals surface area contributed by atoms with Gasteiger partial charge in [-0.1, -0.05) is 194 Å². The molecular formula is C54H39N. The Morgan fingerprint density at radius 3 is 1.05 bits per heavy atom. The highest BCUT2D eigenvalue weighted by molar-refractivity contribution is 5.88. The van der Waals surface area contributed by atoms with Gasteiger partial charge in [0.05, 0.1) is 0 Å². The molecule has 0 amide bonds. The topological polar surface area (TPSA) is 3.24 Å². The highest BCUT2D eigenvalue weighted by Crippen LogP contribution is 2.41. The van der Waals surface area contributed by atoms with E-state index in [0.29, 0.717) is 0 Å². The van der Waals surface area contributed by atoms with Crippen LogP contribution in [0.5, 0.6) is 0 Å². The van der Waals surface area contributed by atoms with Crippen molar-refractivity contribution in [3.05, 3.63) is 237 Å². The zero-order valence-electron chi connectivity index (χ0n) is 30.5. The molecule has 0 spiro atoms. The molecule has 9 rings (SSSR count). The highest BCUT2D eigenvalue weighted by Gasteiger charge is 2.16. The Morgan fingerprint density at radius 1 is 0.182 bits per heavy atom. The van der Waals surface area contributed by atoms with Crippen LogP contribution in [0.25, 0.3) is 66.8 Å². The number of hydrogen-bond acceptors (Lipinski definition) is 1. The molecule has 1 heteroatoms. The van der Waals surface area contributed by atoms with Crippen LogP contribution in [0.1, 0.15) is 0 Å². The molecule has 0 heterocycles. The van der Waals surface area contributed by atoms with E-state index in [0.717, 1.165) is 17.1 Å². The first-order valence-corrected chi connectivity index (χ1v) is 18.8. The van der Waals surface area contributed by atoms with Crippen LogP contribution in [0, 0.1) is 0 Å². The SMILES string of the molecule is c1ccc(-c2ccc(-c3ccc(N(c4cccc(-c5cccc(-c6ccccc6)c5)c4)c4cccc(-c5ccccc5-c5ccccc5)c4)cc3)cc2)cc1. The van der Waals surface area contributed by atoms with Crippen LogP contribution in [-0.4, -0.2) is 0 Å². The van der Waals surface area contributed by atoms with Gasteiger partial charge in [-0.25, -0.2) is 0 Å². The third kappa shape index (κ3) is 7.25. The molecule has 0 aliphatic carbocycles. The Kier molecular flexibility index (Phi) is 9.41. The van der Waals surface area contributed by atoms with Crippen LogP contribution in [0.3, 0.4) is 0 Å². The zero-order valence-corrected chi connectivity index (χ0v) is 30.5. The van der Waals surface area contributed by atoms with E-state index in [4.69, 9.17) is 0 Å². The summed E-state index contributed by atoms with van der Waals surface area (Å²) in [6.07, 6.45) is 0. The average molecular weight is 702 g/mol. The van der Waals surface area contributed by atoms with E-state index in [9.17, 15) is 0 Å². The Bertz CT molecular complexity index is 2660. The maximum absolute atomic E-state index is 2.38. The molecule has 0 unspecified atom stereocenters. The van der Waals surface area contributed by atoms with Gasteiger partial charge in [0.2, 0.25) is 0 Å². The molecule has 55 heavy (non-hydrogen) atoms. The predicted octanol–water partition coefficient (Wildman–Crippen LogP) is 15.2. The molecule has 0 saturated carbocycles. The zero-order chi connectivity index (χ0) is 36.8. The molecule has 0 aromatic heterocycles. The van der Waals surface area contributed by atoms with Gasteiger partial charge in [-0.15, -0.1) is 0 Å². The minimum atomic E-state index is 1.09. The molecule has 9 aromatic carbocycles. The fraction of sp³-hybridized carbons (Fsp3) is 0. The summed E-state index contributed by atoms with van der Waals surface area (Å²) in [6.45, 7) is 0. The number of hydrogen-bond donors (Lipinski definition) is 0. The van der Waals surface area contributed by atoms with Gasteiger partial charge in [0.25, 0.3) is 0 Å². The van der Waals surface area contributed by atoms with Crippen molar-refractivity contribution in [2.24, 2.45) is 0 Å². The first kappa shape index (κ1) is 33.6. The summed E-state index contributed by atoms with van der Waals surface area (Å²) >= 11 is 0. The van der Waals surface area contributed by atoms with Crippen LogP contribution in [0.4, 0.5) is 17.1 Å². The summed E-state index contributed by atoms with van der Waals surface area (Å²) in [4.78, 5) is 2.38. The standard InChI is InChI=1S/C54H39N/c1-4-15-40(16-5-1)42-29-31-43(32-30-42)44-33-35-50(36-34-44)55(51-25-13-23-48(38-51)47-22-12-21-46(37-47)41-17-6-2-7-18-41)52-26-14-24-49(39-52)54-28-11-10-27-53(54)45-19-8-3-9-20-45/h1-39H. The van der Waals surface area contributed by atoms with Crippen molar-refractivity contribution in [1.29, 1.82) is 0 Å². The molecule has 0 radical (unpaired) electrons. The van der Waals surface area contributed by atoms with Gasteiger partial charge in [0, 0.05) is 17.1 Å². The second-order valence-electron chi connectivity index (χ2n) is 13.8. The van der Waals surface area contributed by atoms with Gasteiger partial charge in [-0.05, 0) is 109 Å². The lowest BCUT2D eigenvalue weighted by atomic mass is 9.94. The van der Waals surface area contributed by atoms with E-state index in [1.807, 2.05) is 0 Å². The Morgan fingerprint density at radius 2 is 0.509 bits per heavy atom. The van der Waals surface area contributed by atoms with Crippen LogP contribution < -0.4 is 4.90 Å². The lowest BCUT2D eigenvalue weighted by Gasteiger charge is -2.27. The fourth-order valence-electron chi connectivity index (χ4n) is 7.49. The smallest absolute Gasteiger partial charge is 0.0467 e. The van der Waals surface area contributed by atoms with Gasteiger partial charge in [0.1, 0.15) is 0 Å². The largest absolute Gasteiger partial charge is 0.310 e. The van der Waals surface area contributed by atoms with E-state index >= 15 is 0 Å². The number of benzene rings is 9. The Labute approximate surface area is 324 Å². The normalized spacial score (nSPS) is 10.9. The van der Waals surface area contributed by atoms with Crippen molar-refractivity contribution in [1.82, 2.24) is 0 Å². The van der Waals surface area contributed by atoms with Crippen molar-refractivity contribution >= 4 is 17.1 Å². The number of rotatable bonds is 9. The quantitative estimate of drug-likeness (QED) is 0.145. The Hall–Kier alpha value is -7.22. The first-order chi connectivity index (χ1) is 27.3. The molecule has 1 nitrogen and oxygen atoms in total. The second kappa shape index (κ2) is 15.4. The summed E-state index contributed by atoms with van der Waals surface area (Å²) in [5.74, 6) is 0. The molecule has 0 aliphatic heterocycles. The summed E-state index contributed by atoms with van der Waals surface area (Å²) in [7, 11) is 0. The molecule has 0 N–H and O–H groups in total. The summed E-state index contributed by atoms with van der Waals surface area (Å²) < 4.78 is 0. The lowest BCUT2D eigenvalue weighted by molar-refractivity contribution is 1.28. The van der Waals surface area contributed by atoms with Crippen molar-refractivity contribution in [3.63, 3.8) is 0 Å². The number of anilines is 3. The van der Waals surface area contributed by atoms with Gasteiger partial charge in [-0.3, -0.25) is 0 Å². The first-order valence-electron chi connectivity index (χ1n) is 18.8. The lowest BCUT2D eigenvalue weighted by Crippen LogP contribution is -2.10. The maximum atomic E-state index is 2.38. The fourth-order valence-corrected chi connectivity index (χ4v) is 7.49. The van der Waals surface area contributed by atoms with E-state index in [-0.39, 0.29) is 0 Å². The van der Waals surface area contributed by atoms with Crippen molar-refractivity contribution in [3.8, 4) is 66.8 Å². The molecular weight excluding hydrogens is 663 g/mol. The van der Waals surface area contributed by atoms with Crippen LogP contribution in [0.15, 0.2) is 237 Å². The van der Waals surface area contributed by atoms with Gasteiger partial charge >= 0.3 is 0 Å². The molecule has 0 aliphatic rings. The molecule has 0 saturated heterocycles. The van der Waals surface area contributed by atoms with Crippen molar-refractivity contribution < 1.29 is 0 Å². The summed E-state index contributed by atoms with van der Waals surface area (Å²) in [5.41, 5.74) is 17.7. The van der Waals surface area contributed by atoms with Crippen LogP contribution in [-0.2, 0) is 0 Å². The van der Waals surface area contributed by atoms with Crippen LogP contribution in [0.2, 0.25) is 0 Å². The minimum absolute atomic E-state index is 1.09. The predicted molar refractivity (Wildman–Crippen MR) is 234 cm³/mol. The second-order valence-corrected chi connectivity index (χ2v) is 13.8. The van der Waals surface area contributed by atoms with Crippen molar-refractivity contribution in [2.75, 3.05) is 4.90 Å². The molecule has 0 atom stereocenters. The average Bonchev–Trinajstić information content (AvgIpc) is 3.28. The molecule has 9 aromatic rings. The third-order valence-corrected chi connectivity index (χ3v) is 10.3. The van der Waals surface area contributed by atoms with Gasteiger partial charge < -0.3 is 4.90 Å². The van der Waals surface area contributed by atoms with Gasteiger partial charge in [-0.2, -0.15) is 0 Å². The molecule has 0 fully saturated rings. The number of nitrogens with zero attached hydrogens (tertiary/aromatic N) is 1. The molecule has 0 bridgehead atoms. The minimum Gasteiger partial charge on any atom is -0.310 e. The van der Waals surface area contributed by atoms with E-state index in [2.05, 4.69) is 241 Å².